The lowest BCUT2D eigenvalue weighted by Crippen LogP contribution is -2.28. The van der Waals surface area contributed by atoms with Gasteiger partial charge in [-0.2, -0.15) is 5.10 Å². The van der Waals surface area contributed by atoms with E-state index in [1.807, 2.05) is 6.07 Å². The normalized spacial score (nSPS) is 10.4. The van der Waals surface area contributed by atoms with Crippen LogP contribution in [0.4, 0.5) is 5.69 Å². The van der Waals surface area contributed by atoms with Gasteiger partial charge in [0.25, 0.3) is 0 Å². The van der Waals surface area contributed by atoms with E-state index in [-0.39, 0.29) is 29.8 Å². The Morgan fingerprint density at radius 3 is 2.52 bits per heavy atom. The van der Waals surface area contributed by atoms with Gasteiger partial charge >= 0.3 is 0 Å². The molecule has 0 aromatic carbocycles. The topological polar surface area (TPSA) is 71.3 Å². The first kappa shape index (κ1) is 17.0. The van der Waals surface area contributed by atoms with E-state index in [0.717, 1.165) is 5.69 Å². The first-order chi connectivity index (χ1) is 10.9. The summed E-state index contributed by atoms with van der Waals surface area (Å²) in [5, 5.41) is 4.39. The summed E-state index contributed by atoms with van der Waals surface area (Å²) in [4.78, 5) is 30.7. The molecule has 0 unspecified atom stereocenters. The maximum Gasteiger partial charge on any atom is 0.227 e. The third-order valence-electron chi connectivity index (χ3n) is 3.35. The molecule has 122 valence electrons. The summed E-state index contributed by atoms with van der Waals surface area (Å²) in [5.41, 5.74) is 1.22. The third kappa shape index (κ3) is 4.07. The zero-order chi connectivity index (χ0) is 17.0. The van der Waals surface area contributed by atoms with E-state index in [9.17, 15) is 9.59 Å². The van der Waals surface area contributed by atoms with Crippen molar-refractivity contribution in [1.82, 2.24) is 19.7 Å². The second-order valence-corrected chi connectivity index (χ2v) is 5.56. The SMILES string of the molecule is CN(C)C(=O)CCC(=O)N(C)c1cn(-c2cccnc2)nc1Cl. The molecule has 2 amide bonds. The van der Waals surface area contributed by atoms with E-state index < -0.39 is 0 Å². The van der Waals surface area contributed by atoms with Crippen molar-refractivity contribution in [2.75, 3.05) is 26.0 Å². The van der Waals surface area contributed by atoms with E-state index in [1.165, 1.54) is 9.80 Å². The minimum absolute atomic E-state index is 0.0936. The molecule has 2 heterocycles. The van der Waals surface area contributed by atoms with E-state index in [0.29, 0.717) is 5.69 Å². The summed E-state index contributed by atoms with van der Waals surface area (Å²) in [5.74, 6) is -0.295. The highest BCUT2D eigenvalue weighted by atomic mass is 35.5. The molecule has 0 saturated carbocycles. The number of anilines is 1. The molecular formula is C15H18ClN5O2. The monoisotopic (exact) mass is 335 g/mol. The Morgan fingerprint density at radius 1 is 1.22 bits per heavy atom. The van der Waals surface area contributed by atoms with Gasteiger partial charge in [-0.3, -0.25) is 14.6 Å². The van der Waals surface area contributed by atoms with Gasteiger partial charge in [-0.25, -0.2) is 4.68 Å². The van der Waals surface area contributed by atoms with Crippen molar-refractivity contribution in [3.63, 3.8) is 0 Å². The maximum atomic E-state index is 12.2. The number of hydrogen-bond donors (Lipinski definition) is 0. The number of halogens is 1. The van der Waals surface area contributed by atoms with Crippen molar-refractivity contribution in [3.05, 3.63) is 35.9 Å². The smallest absolute Gasteiger partial charge is 0.227 e. The standard InChI is InChI=1S/C15H18ClN5O2/c1-19(2)13(22)6-7-14(23)20(3)12-10-21(18-15(12)16)11-5-4-8-17-9-11/h4-5,8-10H,6-7H2,1-3H3. The zero-order valence-corrected chi connectivity index (χ0v) is 14.0. The van der Waals surface area contributed by atoms with Crippen LogP contribution in [0.15, 0.2) is 30.7 Å². The number of carbonyl (C=O) groups excluding carboxylic acids is 2. The number of aromatic nitrogens is 3. The van der Waals surface area contributed by atoms with Crippen LogP contribution in [0.25, 0.3) is 5.69 Å². The molecule has 7 nitrogen and oxygen atoms in total. The maximum absolute atomic E-state index is 12.2. The first-order valence-corrected chi connectivity index (χ1v) is 7.40. The highest BCUT2D eigenvalue weighted by Crippen LogP contribution is 2.25. The molecule has 2 aromatic rings. The Morgan fingerprint density at radius 2 is 1.91 bits per heavy atom. The molecule has 0 atom stereocenters. The molecule has 0 aliphatic heterocycles. The van der Waals surface area contributed by atoms with E-state index in [1.54, 1.807) is 50.5 Å². The molecule has 0 fully saturated rings. The summed E-state index contributed by atoms with van der Waals surface area (Å²) >= 11 is 6.13. The molecular weight excluding hydrogens is 318 g/mol. The van der Waals surface area contributed by atoms with Gasteiger partial charge in [0.05, 0.1) is 18.1 Å². The van der Waals surface area contributed by atoms with Crippen LogP contribution in [0.5, 0.6) is 0 Å². The number of hydrogen-bond acceptors (Lipinski definition) is 4. The van der Waals surface area contributed by atoms with Gasteiger partial charge in [-0.05, 0) is 12.1 Å². The van der Waals surface area contributed by atoms with Crippen LogP contribution >= 0.6 is 11.6 Å². The lowest BCUT2D eigenvalue weighted by atomic mass is 10.2. The van der Waals surface area contributed by atoms with Gasteiger partial charge in [0.2, 0.25) is 11.8 Å². The Bertz CT molecular complexity index is 699. The van der Waals surface area contributed by atoms with Gasteiger partial charge in [0, 0.05) is 40.2 Å². The molecule has 0 spiro atoms. The third-order valence-corrected chi connectivity index (χ3v) is 3.62. The summed E-state index contributed by atoms with van der Waals surface area (Å²) < 4.78 is 1.55. The first-order valence-electron chi connectivity index (χ1n) is 7.02. The second-order valence-electron chi connectivity index (χ2n) is 5.20. The fourth-order valence-corrected chi connectivity index (χ4v) is 2.19. The Balaban J connectivity index is 2.10. The van der Waals surface area contributed by atoms with Crippen molar-refractivity contribution < 1.29 is 9.59 Å². The Kier molecular flexibility index (Phi) is 5.33. The quantitative estimate of drug-likeness (QED) is 0.834. The lowest BCUT2D eigenvalue weighted by molar-refractivity contribution is -0.130. The minimum atomic E-state index is -0.201. The predicted molar refractivity (Wildman–Crippen MR) is 87.7 cm³/mol. The largest absolute Gasteiger partial charge is 0.349 e. The van der Waals surface area contributed by atoms with Gasteiger partial charge in [0.1, 0.15) is 5.69 Å². The Labute approximate surface area is 139 Å². The van der Waals surface area contributed by atoms with Crippen molar-refractivity contribution in [3.8, 4) is 5.69 Å². The second kappa shape index (κ2) is 7.23. The van der Waals surface area contributed by atoms with Gasteiger partial charge in [-0.1, -0.05) is 11.6 Å². The molecule has 0 aliphatic carbocycles. The van der Waals surface area contributed by atoms with Crippen molar-refractivity contribution in [2.24, 2.45) is 0 Å². The number of carbonyl (C=O) groups is 2. The van der Waals surface area contributed by atoms with Crippen molar-refractivity contribution in [1.29, 1.82) is 0 Å². The summed E-state index contributed by atoms with van der Waals surface area (Å²) in [7, 11) is 4.93. The van der Waals surface area contributed by atoms with Crippen LogP contribution in [-0.2, 0) is 9.59 Å². The van der Waals surface area contributed by atoms with Crippen molar-refractivity contribution >= 4 is 29.1 Å². The zero-order valence-electron chi connectivity index (χ0n) is 13.2. The summed E-state index contributed by atoms with van der Waals surface area (Å²) in [6, 6.07) is 3.62. The van der Waals surface area contributed by atoms with Crippen LogP contribution in [0.3, 0.4) is 0 Å². The number of pyridine rings is 1. The van der Waals surface area contributed by atoms with Crippen LogP contribution in [0, 0.1) is 0 Å². The molecule has 2 aromatic heterocycles. The average molecular weight is 336 g/mol. The van der Waals surface area contributed by atoms with Gasteiger partial charge in [-0.15, -0.1) is 0 Å². The molecule has 2 rings (SSSR count). The van der Waals surface area contributed by atoms with Crippen LogP contribution in [0.2, 0.25) is 5.15 Å². The average Bonchev–Trinajstić information content (AvgIpc) is 2.94. The minimum Gasteiger partial charge on any atom is -0.349 e. The van der Waals surface area contributed by atoms with Crippen LogP contribution in [-0.4, -0.2) is 52.6 Å². The molecule has 0 bridgehead atoms. The highest BCUT2D eigenvalue weighted by Gasteiger charge is 2.19. The van der Waals surface area contributed by atoms with Crippen molar-refractivity contribution in [2.45, 2.75) is 12.8 Å². The molecule has 0 saturated heterocycles. The Hall–Kier alpha value is -2.41. The highest BCUT2D eigenvalue weighted by molar-refractivity contribution is 6.32. The number of nitrogens with zero attached hydrogens (tertiary/aromatic N) is 5. The fourth-order valence-electron chi connectivity index (χ4n) is 1.93. The van der Waals surface area contributed by atoms with Gasteiger partial charge in [0.15, 0.2) is 5.15 Å². The molecule has 0 aliphatic rings. The van der Waals surface area contributed by atoms with E-state index in [4.69, 9.17) is 11.6 Å². The molecule has 0 radical (unpaired) electrons. The number of rotatable bonds is 5. The molecule has 23 heavy (non-hydrogen) atoms. The van der Waals surface area contributed by atoms with E-state index in [2.05, 4.69) is 10.1 Å². The predicted octanol–water partition coefficient (Wildman–Crippen LogP) is 1.75. The van der Waals surface area contributed by atoms with Gasteiger partial charge < -0.3 is 9.80 Å². The summed E-state index contributed by atoms with van der Waals surface area (Å²) in [6.07, 6.45) is 5.23. The van der Waals surface area contributed by atoms with E-state index >= 15 is 0 Å². The van der Waals surface area contributed by atoms with Crippen LogP contribution in [0.1, 0.15) is 12.8 Å². The lowest BCUT2D eigenvalue weighted by Gasteiger charge is -2.16. The van der Waals surface area contributed by atoms with Crippen LogP contribution < -0.4 is 4.90 Å². The number of amides is 2. The fraction of sp³-hybridized carbons (Fsp3) is 0.333. The molecule has 8 heteroatoms. The molecule has 0 N–H and O–H groups in total. The summed E-state index contributed by atoms with van der Waals surface area (Å²) in [6.45, 7) is 0.